The number of rotatable bonds is 2. The monoisotopic (exact) mass is 178 g/mol. The van der Waals surface area contributed by atoms with Crippen molar-refractivity contribution in [2.24, 2.45) is 0 Å². The van der Waals surface area contributed by atoms with E-state index in [1.165, 1.54) is 5.57 Å². The van der Waals surface area contributed by atoms with Crippen LogP contribution in [0.4, 0.5) is 0 Å². The van der Waals surface area contributed by atoms with Crippen LogP contribution in [0.5, 0.6) is 0 Å². The van der Waals surface area contributed by atoms with E-state index in [1.807, 2.05) is 13.8 Å². The highest BCUT2D eigenvalue weighted by molar-refractivity contribution is 5.61. The third kappa shape index (κ3) is 3.74. The second-order valence-corrected chi connectivity index (χ2v) is 2.66. The normalized spacial score (nSPS) is 8.31. The van der Waals surface area contributed by atoms with Gasteiger partial charge in [-0.2, -0.15) is 5.10 Å². The molecule has 0 atom stereocenters. The summed E-state index contributed by atoms with van der Waals surface area (Å²) in [4.78, 5) is 0. The van der Waals surface area contributed by atoms with Crippen molar-refractivity contribution in [3.05, 3.63) is 29.6 Å². The zero-order chi connectivity index (χ0) is 10.3. The number of nitrogens with one attached hydrogen (secondary N) is 1. The molecule has 0 radical (unpaired) electrons. The number of hydrogen-bond acceptors (Lipinski definition) is 1. The molecule has 0 aliphatic carbocycles. The first-order valence-electron chi connectivity index (χ1n) is 4.54. The van der Waals surface area contributed by atoms with Crippen molar-refractivity contribution >= 4 is 12.2 Å². The molecular formula is C11H18N2. The highest BCUT2D eigenvalue weighted by Gasteiger charge is 1.95. The van der Waals surface area contributed by atoms with Crippen LogP contribution in [0.3, 0.4) is 0 Å². The molecule has 0 saturated heterocycles. The highest BCUT2D eigenvalue weighted by atomic mass is 15.1. The predicted molar refractivity (Wildman–Crippen MR) is 59.4 cm³/mol. The van der Waals surface area contributed by atoms with E-state index in [0.29, 0.717) is 0 Å². The first-order chi connectivity index (χ1) is 6.24. The number of allylic oxidation sites excluding steroid dienone is 1. The summed E-state index contributed by atoms with van der Waals surface area (Å²) in [5.74, 6) is 0. The zero-order valence-electron chi connectivity index (χ0n) is 8.89. The van der Waals surface area contributed by atoms with Gasteiger partial charge in [-0.15, -0.1) is 0 Å². The molecule has 1 aromatic rings. The molecule has 0 aliphatic rings. The average molecular weight is 178 g/mol. The maximum atomic E-state index is 3.91. The fourth-order valence-corrected chi connectivity index (χ4v) is 0.895. The highest BCUT2D eigenvalue weighted by Crippen LogP contribution is 2.10. The predicted octanol–water partition coefficient (Wildman–Crippen LogP) is 3.50. The molecule has 1 N–H and O–H groups in total. The van der Waals surface area contributed by atoms with E-state index in [9.17, 15) is 0 Å². The number of hydrogen-bond donors (Lipinski definition) is 1. The Bertz CT molecular complexity index is 278. The molecule has 0 fully saturated rings. The van der Waals surface area contributed by atoms with Gasteiger partial charge in [0.05, 0.1) is 11.9 Å². The summed E-state index contributed by atoms with van der Waals surface area (Å²) in [6.07, 6.45) is 5.63. The molecule has 1 rings (SSSR count). The van der Waals surface area contributed by atoms with Crippen LogP contribution in [0, 0.1) is 0 Å². The maximum Gasteiger partial charge on any atom is 0.0644 e. The number of aromatic nitrogens is 2. The number of nitrogens with zero attached hydrogens (tertiary/aromatic N) is 1. The minimum Gasteiger partial charge on any atom is -0.278 e. The molecule has 0 spiro atoms. The second kappa shape index (κ2) is 6.23. The van der Waals surface area contributed by atoms with Crippen LogP contribution in [0.25, 0.3) is 12.2 Å². The van der Waals surface area contributed by atoms with Crippen molar-refractivity contribution in [2.75, 3.05) is 0 Å². The second-order valence-electron chi connectivity index (χ2n) is 2.66. The Morgan fingerprint density at radius 2 is 2.08 bits per heavy atom. The molecule has 13 heavy (non-hydrogen) atoms. The summed E-state index contributed by atoms with van der Waals surface area (Å²) in [5, 5.41) is 6.75. The first-order valence-corrected chi connectivity index (χ1v) is 4.54. The van der Waals surface area contributed by atoms with E-state index in [0.717, 1.165) is 11.3 Å². The third-order valence-electron chi connectivity index (χ3n) is 1.35. The lowest BCUT2D eigenvalue weighted by Crippen LogP contribution is -1.74. The summed E-state index contributed by atoms with van der Waals surface area (Å²) in [6, 6.07) is 0. The topological polar surface area (TPSA) is 28.7 Å². The van der Waals surface area contributed by atoms with Crippen LogP contribution in [0.1, 0.15) is 39.0 Å². The molecule has 0 aliphatic heterocycles. The van der Waals surface area contributed by atoms with E-state index < -0.39 is 0 Å². The van der Waals surface area contributed by atoms with Gasteiger partial charge in [0, 0.05) is 5.56 Å². The molecule has 0 aromatic carbocycles. The van der Waals surface area contributed by atoms with Gasteiger partial charge in [0.2, 0.25) is 0 Å². The van der Waals surface area contributed by atoms with Crippen LogP contribution in [0.2, 0.25) is 0 Å². The minimum atomic E-state index is 0.978. The van der Waals surface area contributed by atoms with E-state index >= 15 is 0 Å². The Kier molecular flexibility index (Phi) is 5.60. The van der Waals surface area contributed by atoms with Gasteiger partial charge in [-0.25, -0.2) is 0 Å². The lowest BCUT2D eigenvalue weighted by Gasteiger charge is -1.90. The van der Waals surface area contributed by atoms with Crippen LogP contribution in [0.15, 0.2) is 18.3 Å². The zero-order valence-corrected chi connectivity index (χ0v) is 8.89. The number of aromatic amines is 1. The smallest absolute Gasteiger partial charge is 0.0644 e. The Hall–Kier alpha value is -1.31. The van der Waals surface area contributed by atoms with E-state index in [-0.39, 0.29) is 0 Å². The summed E-state index contributed by atoms with van der Waals surface area (Å²) in [5.41, 5.74) is 3.33. The molecule has 1 heterocycles. The van der Waals surface area contributed by atoms with Crippen LogP contribution in [-0.4, -0.2) is 10.2 Å². The molecule has 72 valence electrons. The van der Waals surface area contributed by atoms with Crippen molar-refractivity contribution in [3.63, 3.8) is 0 Å². The lowest BCUT2D eigenvalue weighted by molar-refractivity contribution is 1.08. The molecule has 0 bridgehead atoms. The molecule has 1 aromatic heterocycles. The molecular weight excluding hydrogens is 160 g/mol. The first kappa shape index (κ1) is 11.7. The Morgan fingerprint density at radius 3 is 2.54 bits per heavy atom. The van der Waals surface area contributed by atoms with Crippen molar-refractivity contribution < 1.29 is 0 Å². The summed E-state index contributed by atoms with van der Waals surface area (Å²) >= 11 is 0. The van der Waals surface area contributed by atoms with E-state index in [4.69, 9.17) is 0 Å². The van der Waals surface area contributed by atoms with Crippen molar-refractivity contribution in [1.82, 2.24) is 10.2 Å². The maximum absolute atomic E-state index is 3.91. The van der Waals surface area contributed by atoms with E-state index in [2.05, 4.69) is 36.7 Å². The van der Waals surface area contributed by atoms with Gasteiger partial charge in [-0.05, 0) is 19.9 Å². The number of H-pyrrole nitrogens is 1. The van der Waals surface area contributed by atoms with Gasteiger partial charge in [0.25, 0.3) is 0 Å². The Labute approximate surface area is 80.4 Å². The molecule has 2 heteroatoms. The lowest BCUT2D eigenvalue weighted by atomic mass is 10.2. The fraction of sp³-hybridized carbons (Fsp3) is 0.364. The largest absolute Gasteiger partial charge is 0.278 e. The Balaban J connectivity index is 0.000000671. The van der Waals surface area contributed by atoms with Gasteiger partial charge in [-0.3, -0.25) is 5.10 Å². The standard InChI is InChI=1S/C9H12N2.C2H6/c1-4-9-8(5-7(2)3)6-10-11-9;1-2/h4-6H,1H2,2-3H3,(H,10,11);1-2H3. The van der Waals surface area contributed by atoms with E-state index in [1.54, 1.807) is 12.3 Å². The average Bonchev–Trinajstić information content (AvgIpc) is 2.54. The molecule has 0 amide bonds. The summed E-state index contributed by atoms with van der Waals surface area (Å²) < 4.78 is 0. The van der Waals surface area contributed by atoms with Crippen LogP contribution < -0.4 is 0 Å². The van der Waals surface area contributed by atoms with Gasteiger partial charge >= 0.3 is 0 Å². The summed E-state index contributed by atoms with van der Waals surface area (Å²) in [6.45, 7) is 11.8. The van der Waals surface area contributed by atoms with Crippen molar-refractivity contribution in [2.45, 2.75) is 27.7 Å². The van der Waals surface area contributed by atoms with Gasteiger partial charge in [0.1, 0.15) is 0 Å². The third-order valence-corrected chi connectivity index (χ3v) is 1.35. The van der Waals surface area contributed by atoms with Crippen LogP contribution in [-0.2, 0) is 0 Å². The van der Waals surface area contributed by atoms with Crippen molar-refractivity contribution in [1.29, 1.82) is 0 Å². The quantitative estimate of drug-likeness (QED) is 0.737. The van der Waals surface area contributed by atoms with Gasteiger partial charge < -0.3 is 0 Å². The Morgan fingerprint density at radius 1 is 1.46 bits per heavy atom. The fourth-order valence-electron chi connectivity index (χ4n) is 0.895. The minimum absolute atomic E-state index is 0.978. The SMILES string of the molecule is C=Cc1[nH]ncc1C=C(C)C.CC. The van der Waals surface area contributed by atoms with Gasteiger partial charge in [0.15, 0.2) is 0 Å². The molecule has 0 saturated carbocycles. The van der Waals surface area contributed by atoms with Crippen LogP contribution >= 0.6 is 0 Å². The molecule has 0 unspecified atom stereocenters. The van der Waals surface area contributed by atoms with Gasteiger partial charge in [-0.1, -0.05) is 32.1 Å². The summed E-state index contributed by atoms with van der Waals surface area (Å²) in [7, 11) is 0. The molecule has 2 nitrogen and oxygen atoms in total. The van der Waals surface area contributed by atoms with Crippen molar-refractivity contribution in [3.8, 4) is 0 Å².